The predicted octanol–water partition coefficient (Wildman–Crippen LogP) is 2.29. The van der Waals surface area contributed by atoms with Crippen molar-refractivity contribution in [2.45, 2.75) is 12.8 Å². The van der Waals surface area contributed by atoms with E-state index in [-0.39, 0.29) is 11.7 Å². The molecule has 1 aromatic rings. The first-order valence-electron chi connectivity index (χ1n) is 5.35. The molecule has 1 fully saturated rings. The number of hydrogen-bond donors (Lipinski definition) is 0. The Morgan fingerprint density at radius 3 is 2.75 bits per heavy atom. The van der Waals surface area contributed by atoms with Gasteiger partial charge >= 0.3 is 0 Å². The lowest BCUT2D eigenvalue weighted by Gasteiger charge is -2.13. The van der Waals surface area contributed by atoms with Gasteiger partial charge in [-0.2, -0.15) is 0 Å². The summed E-state index contributed by atoms with van der Waals surface area (Å²) in [6.07, 6.45) is 1.21. The molecule has 1 aliphatic rings. The Labute approximate surface area is 98.8 Å². The summed E-state index contributed by atoms with van der Waals surface area (Å²) in [7, 11) is 0. The second kappa shape index (κ2) is 5.34. The third-order valence-corrected chi connectivity index (χ3v) is 3.61. The van der Waals surface area contributed by atoms with E-state index < -0.39 is 0 Å². The Hall–Kier alpha value is -1.03. The van der Waals surface area contributed by atoms with Crippen molar-refractivity contribution in [1.29, 1.82) is 0 Å². The van der Waals surface area contributed by atoms with Gasteiger partial charge in [0.05, 0.1) is 5.88 Å². The van der Waals surface area contributed by atoms with Crippen molar-refractivity contribution in [3.8, 4) is 0 Å². The molecule has 1 aromatic carbocycles. The maximum atomic E-state index is 12.7. The fourth-order valence-electron chi connectivity index (χ4n) is 1.67. The zero-order valence-corrected chi connectivity index (χ0v) is 9.80. The number of amides is 1. The average molecular weight is 239 g/mol. The van der Waals surface area contributed by atoms with Crippen LogP contribution in [0.2, 0.25) is 0 Å². The Kier molecular flexibility index (Phi) is 3.83. The topological polar surface area (TPSA) is 20.3 Å². The first kappa shape index (κ1) is 11.5. The SMILES string of the molecule is O=C(CCc1ccc(F)cc1)N1CCSC1. The number of halogens is 1. The summed E-state index contributed by atoms with van der Waals surface area (Å²) in [5.74, 6) is 1.84. The minimum absolute atomic E-state index is 0.203. The van der Waals surface area contributed by atoms with Crippen LogP contribution in [0.15, 0.2) is 24.3 Å². The molecule has 4 heteroatoms. The molecule has 0 radical (unpaired) electrons. The lowest BCUT2D eigenvalue weighted by molar-refractivity contribution is -0.129. The van der Waals surface area contributed by atoms with Crippen molar-refractivity contribution in [1.82, 2.24) is 4.90 Å². The Morgan fingerprint density at radius 2 is 2.12 bits per heavy atom. The van der Waals surface area contributed by atoms with Crippen LogP contribution in [0, 0.1) is 5.82 Å². The van der Waals surface area contributed by atoms with Crippen molar-refractivity contribution in [2.24, 2.45) is 0 Å². The third-order valence-electron chi connectivity index (χ3n) is 2.65. The molecule has 1 aliphatic heterocycles. The van der Waals surface area contributed by atoms with E-state index in [1.54, 1.807) is 23.9 Å². The Morgan fingerprint density at radius 1 is 1.38 bits per heavy atom. The van der Waals surface area contributed by atoms with Gasteiger partial charge in [-0.15, -0.1) is 11.8 Å². The third kappa shape index (κ3) is 2.98. The van der Waals surface area contributed by atoms with Crippen molar-refractivity contribution >= 4 is 17.7 Å². The maximum absolute atomic E-state index is 12.7. The van der Waals surface area contributed by atoms with Gasteiger partial charge in [0.2, 0.25) is 5.91 Å². The fraction of sp³-hybridized carbons (Fsp3) is 0.417. The number of benzene rings is 1. The minimum Gasteiger partial charge on any atom is -0.333 e. The van der Waals surface area contributed by atoms with E-state index >= 15 is 0 Å². The molecule has 0 unspecified atom stereocenters. The summed E-state index contributed by atoms with van der Waals surface area (Å²) in [5.41, 5.74) is 1.02. The maximum Gasteiger partial charge on any atom is 0.223 e. The van der Waals surface area contributed by atoms with E-state index in [4.69, 9.17) is 0 Å². The second-order valence-corrected chi connectivity index (χ2v) is 4.90. The quantitative estimate of drug-likeness (QED) is 0.806. The van der Waals surface area contributed by atoms with Gasteiger partial charge in [0.1, 0.15) is 5.82 Å². The van der Waals surface area contributed by atoms with Crippen LogP contribution in [0.25, 0.3) is 0 Å². The molecule has 86 valence electrons. The summed E-state index contributed by atoms with van der Waals surface area (Å²) < 4.78 is 12.7. The van der Waals surface area contributed by atoms with Crippen LogP contribution in [0.5, 0.6) is 0 Å². The molecule has 0 atom stereocenters. The Bertz CT molecular complexity index is 360. The highest BCUT2D eigenvalue weighted by Gasteiger charge is 2.17. The molecule has 16 heavy (non-hydrogen) atoms. The molecule has 0 saturated carbocycles. The summed E-state index contributed by atoms with van der Waals surface area (Å²) in [5, 5.41) is 0. The molecule has 0 aromatic heterocycles. The van der Waals surface area contributed by atoms with Crippen LogP contribution < -0.4 is 0 Å². The molecule has 0 N–H and O–H groups in total. The van der Waals surface area contributed by atoms with E-state index in [1.165, 1.54) is 12.1 Å². The van der Waals surface area contributed by atoms with E-state index in [0.29, 0.717) is 12.8 Å². The summed E-state index contributed by atoms with van der Waals surface area (Å²) >= 11 is 1.79. The minimum atomic E-state index is -0.231. The molecule has 0 bridgehead atoms. The van der Waals surface area contributed by atoms with Crippen LogP contribution in [-0.4, -0.2) is 29.0 Å². The molecule has 1 saturated heterocycles. The summed E-state index contributed by atoms with van der Waals surface area (Å²) in [4.78, 5) is 13.6. The molecule has 2 nitrogen and oxygen atoms in total. The van der Waals surface area contributed by atoms with Crippen LogP contribution in [0.3, 0.4) is 0 Å². The van der Waals surface area contributed by atoms with E-state index in [1.807, 2.05) is 4.90 Å². The van der Waals surface area contributed by atoms with Crippen molar-refractivity contribution < 1.29 is 9.18 Å². The predicted molar refractivity (Wildman–Crippen MR) is 63.8 cm³/mol. The lowest BCUT2D eigenvalue weighted by atomic mass is 10.1. The van der Waals surface area contributed by atoms with Gasteiger partial charge in [0, 0.05) is 18.7 Å². The highest BCUT2D eigenvalue weighted by Crippen LogP contribution is 2.15. The number of carbonyl (C=O) groups excluding carboxylic acids is 1. The lowest BCUT2D eigenvalue weighted by Crippen LogP contribution is -2.27. The molecule has 0 aliphatic carbocycles. The van der Waals surface area contributed by atoms with Crippen LogP contribution in [0.1, 0.15) is 12.0 Å². The zero-order valence-electron chi connectivity index (χ0n) is 8.99. The number of nitrogens with zero attached hydrogens (tertiary/aromatic N) is 1. The van der Waals surface area contributed by atoms with Gasteiger partial charge in [-0.1, -0.05) is 12.1 Å². The van der Waals surface area contributed by atoms with Gasteiger partial charge in [0.25, 0.3) is 0 Å². The fourth-order valence-corrected chi connectivity index (χ4v) is 2.64. The molecule has 1 heterocycles. The average Bonchev–Trinajstić information content (AvgIpc) is 2.81. The van der Waals surface area contributed by atoms with Crippen molar-refractivity contribution in [3.05, 3.63) is 35.6 Å². The first-order chi connectivity index (χ1) is 7.75. The highest BCUT2D eigenvalue weighted by atomic mass is 32.2. The standard InChI is InChI=1S/C12H14FNOS/c13-11-4-1-10(2-5-11)3-6-12(15)14-7-8-16-9-14/h1-2,4-5H,3,6-9H2. The van der Waals surface area contributed by atoms with Crippen LogP contribution in [-0.2, 0) is 11.2 Å². The highest BCUT2D eigenvalue weighted by molar-refractivity contribution is 7.99. The zero-order chi connectivity index (χ0) is 11.4. The normalized spacial score (nSPS) is 15.4. The summed E-state index contributed by atoms with van der Waals surface area (Å²) in [6, 6.07) is 6.35. The van der Waals surface area contributed by atoms with E-state index in [0.717, 1.165) is 23.7 Å². The molecular formula is C12H14FNOS. The van der Waals surface area contributed by atoms with Crippen molar-refractivity contribution in [3.63, 3.8) is 0 Å². The van der Waals surface area contributed by atoms with Gasteiger partial charge in [0.15, 0.2) is 0 Å². The largest absolute Gasteiger partial charge is 0.333 e. The molecule has 0 spiro atoms. The smallest absolute Gasteiger partial charge is 0.223 e. The van der Waals surface area contributed by atoms with Gasteiger partial charge in [-0.25, -0.2) is 4.39 Å². The van der Waals surface area contributed by atoms with Gasteiger partial charge in [-0.05, 0) is 24.1 Å². The second-order valence-electron chi connectivity index (χ2n) is 3.82. The van der Waals surface area contributed by atoms with E-state index in [2.05, 4.69) is 0 Å². The number of carbonyl (C=O) groups is 1. The number of hydrogen-bond acceptors (Lipinski definition) is 2. The Balaban J connectivity index is 1.82. The number of thioether (sulfide) groups is 1. The van der Waals surface area contributed by atoms with Crippen LogP contribution >= 0.6 is 11.8 Å². The number of rotatable bonds is 3. The first-order valence-corrected chi connectivity index (χ1v) is 6.51. The van der Waals surface area contributed by atoms with E-state index in [9.17, 15) is 9.18 Å². The molecule has 2 rings (SSSR count). The van der Waals surface area contributed by atoms with Crippen molar-refractivity contribution in [2.75, 3.05) is 18.2 Å². The van der Waals surface area contributed by atoms with Gasteiger partial charge < -0.3 is 4.90 Å². The monoisotopic (exact) mass is 239 g/mol. The number of aryl methyl sites for hydroxylation is 1. The molecular weight excluding hydrogens is 225 g/mol. The molecule has 1 amide bonds. The van der Waals surface area contributed by atoms with Gasteiger partial charge in [-0.3, -0.25) is 4.79 Å². The van der Waals surface area contributed by atoms with Crippen LogP contribution in [0.4, 0.5) is 4.39 Å². The summed E-state index contributed by atoms with van der Waals surface area (Å²) in [6.45, 7) is 0.868.